The molecule has 1 aromatic rings. The fraction of sp³-hybridized carbons (Fsp3) is 0.625. The maximum atomic E-state index is 2.57. The first-order chi connectivity index (χ1) is 8.35. The van der Waals surface area contributed by atoms with Crippen LogP contribution in [0.5, 0.6) is 0 Å². The molecule has 94 valence electrons. The second-order valence-corrected chi connectivity index (χ2v) is 5.16. The zero-order valence-electron chi connectivity index (χ0n) is 11.3. The molecule has 17 heavy (non-hydrogen) atoms. The molecule has 0 amide bonds. The molecule has 1 saturated heterocycles. The van der Waals surface area contributed by atoms with Crippen LogP contribution in [-0.4, -0.2) is 24.5 Å². The standard InChI is InChI=1S/C16H25N/c1-3-7-14-8-5-6-9-16(14)15-10-12-17(4-2)13-11-15/h5-6,8-9,15H,3-4,7,10-13H2,1-2H3. The number of aryl methyl sites for hydroxylation is 1. The van der Waals surface area contributed by atoms with Crippen molar-refractivity contribution < 1.29 is 0 Å². The number of hydrogen-bond acceptors (Lipinski definition) is 1. The minimum absolute atomic E-state index is 0.806. The Morgan fingerprint density at radius 1 is 1.12 bits per heavy atom. The molecule has 0 atom stereocenters. The van der Waals surface area contributed by atoms with E-state index in [4.69, 9.17) is 0 Å². The highest BCUT2D eigenvalue weighted by atomic mass is 15.1. The van der Waals surface area contributed by atoms with E-state index in [0.717, 1.165) is 5.92 Å². The van der Waals surface area contributed by atoms with Gasteiger partial charge in [0.2, 0.25) is 0 Å². The normalized spacial score (nSPS) is 18.5. The Balaban J connectivity index is 2.07. The first-order valence-corrected chi connectivity index (χ1v) is 7.15. The Morgan fingerprint density at radius 3 is 2.47 bits per heavy atom. The van der Waals surface area contributed by atoms with Crippen LogP contribution in [0.2, 0.25) is 0 Å². The maximum Gasteiger partial charge on any atom is -0.00130 e. The van der Waals surface area contributed by atoms with Gasteiger partial charge in [-0.05, 0) is 55.9 Å². The predicted molar refractivity (Wildman–Crippen MR) is 74.5 cm³/mol. The van der Waals surface area contributed by atoms with Crippen LogP contribution in [0.4, 0.5) is 0 Å². The van der Waals surface area contributed by atoms with Crippen molar-refractivity contribution in [3.05, 3.63) is 35.4 Å². The van der Waals surface area contributed by atoms with Crippen LogP contribution < -0.4 is 0 Å². The monoisotopic (exact) mass is 231 g/mol. The number of nitrogens with zero attached hydrogens (tertiary/aromatic N) is 1. The van der Waals surface area contributed by atoms with Crippen molar-refractivity contribution in [1.29, 1.82) is 0 Å². The molecule has 1 fully saturated rings. The Hall–Kier alpha value is -0.820. The van der Waals surface area contributed by atoms with E-state index in [1.807, 2.05) is 0 Å². The Morgan fingerprint density at radius 2 is 1.82 bits per heavy atom. The number of rotatable bonds is 4. The third-order valence-corrected chi connectivity index (χ3v) is 4.05. The summed E-state index contributed by atoms with van der Waals surface area (Å²) in [5.41, 5.74) is 3.22. The maximum absolute atomic E-state index is 2.57. The van der Waals surface area contributed by atoms with Crippen molar-refractivity contribution in [3.8, 4) is 0 Å². The molecule has 1 aliphatic heterocycles. The highest BCUT2D eigenvalue weighted by Gasteiger charge is 2.20. The number of piperidine rings is 1. The first-order valence-electron chi connectivity index (χ1n) is 7.15. The Kier molecular flexibility index (Phi) is 4.61. The van der Waals surface area contributed by atoms with Crippen LogP contribution in [-0.2, 0) is 6.42 Å². The molecule has 0 aromatic heterocycles. The van der Waals surface area contributed by atoms with Crippen molar-refractivity contribution >= 4 is 0 Å². The summed E-state index contributed by atoms with van der Waals surface area (Å²) in [4.78, 5) is 2.57. The quantitative estimate of drug-likeness (QED) is 0.761. The van der Waals surface area contributed by atoms with E-state index < -0.39 is 0 Å². The summed E-state index contributed by atoms with van der Waals surface area (Å²) in [5.74, 6) is 0.806. The van der Waals surface area contributed by atoms with E-state index in [1.54, 1.807) is 11.1 Å². The molecule has 1 aromatic carbocycles. The van der Waals surface area contributed by atoms with Crippen LogP contribution >= 0.6 is 0 Å². The molecular weight excluding hydrogens is 206 g/mol. The van der Waals surface area contributed by atoms with Crippen LogP contribution in [0.1, 0.15) is 50.2 Å². The van der Waals surface area contributed by atoms with Gasteiger partial charge in [0, 0.05) is 0 Å². The van der Waals surface area contributed by atoms with Crippen molar-refractivity contribution in [1.82, 2.24) is 4.90 Å². The smallest absolute Gasteiger partial charge is 0.00130 e. The molecular formula is C16H25N. The van der Waals surface area contributed by atoms with Crippen LogP contribution in [0.25, 0.3) is 0 Å². The van der Waals surface area contributed by atoms with Gasteiger partial charge in [0.15, 0.2) is 0 Å². The average molecular weight is 231 g/mol. The summed E-state index contributed by atoms with van der Waals surface area (Å²) < 4.78 is 0. The van der Waals surface area contributed by atoms with Gasteiger partial charge < -0.3 is 4.90 Å². The van der Waals surface area contributed by atoms with Gasteiger partial charge in [-0.3, -0.25) is 0 Å². The van der Waals surface area contributed by atoms with Crippen molar-refractivity contribution in [2.24, 2.45) is 0 Å². The molecule has 1 aliphatic rings. The molecule has 1 heterocycles. The molecule has 0 spiro atoms. The summed E-state index contributed by atoms with van der Waals surface area (Å²) in [5, 5.41) is 0. The summed E-state index contributed by atoms with van der Waals surface area (Å²) in [6.45, 7) is 8.31. The second kappa shape index (κ2) is 6.20. The lowest BCUT2D eigenvalue weighted by atomic mass is 9.85. The topological polar surface area (TPSA) is 3.24 Å². The molecule has 0 radical (unpaired) electrons. The molecule has 0 bridgehead atoms. The van der Waals surface area contributed by atoms with E-state index in [-0.39, 0.29) is 0 Å². The molecule has 0 aliphatic carbocycles. The zero-order chi connectivity index (χ0) is 12.1. The number of hydrogen-bond donors (Lipinski definition) is 0. The minimum Gasteiger partial charge on any atom is -0.304 e. The zero-order valence-corrected chi connectivity index (χ0v) is 11.3. The third kappa shape index (κ3) is 3.10. The molecule has 0 N–H and O–H groups in total. The molecule has 1 heteroatoms. The van der Waals surface area contributed by atoms with Crippen LogP contribution in [0.3, 0.4) is 0 Å². The second-order valence-electron chi connectivity index (χ2n) is 5.16. The minimum atomic E-state index is 0.806. The summed E-state index contributed by atoms with van der Waals surface area (Å²) >= 11 is 0. The lowest BCUT2D eigenvalue weighted by Crippen LogP contribution is -2.32. The van der Waals surface area contributed by atoms with Gasteiger partial charge in [-0.2, -0.15) is 0 Å². The summed E-state index contributed by atoms with van der Waals surface area (Å²) in [6.07, 6.45) is 5.18. The van der Waals surface area contributed by atoms with E-state index >= 15 is 0 Å². The van der Waals surface area contributed by atoms with E-state index in [1.165, 1.54) is 45.3 Å². The van der Waals surface area contributed by atoms with Gasteiger partial charge in [0.25, 0.3) is 0 Å². The van der Waals surface area contributed by atoms with Gasteiger partial charge in [-0.25, -0.2) is 0 Å². The Labute approximate surface area is 106 Å². The van der Waals surface area contributed by atoms with Crippen molar-refractivity contribution in [2.45, 2.75) is 45.4 Å². The first kappa shape index (κ1) is 12.6. The highest BCUT2D eigenvalue weighted by Crippen LogP contribution is 2.30. The van der Waals surface area contributed by atoms with Crippen LogP contribution in [0.15, 0.2) is 24.3 Å². The molecule has 0 unspecified atom stereocenters. The summed E-state index contributed by atoms with van der Waals surface area (Å²) in [6, 6.07) is 9.08. The summed E-state index contributed by atoms with van der Waals surface area (Å²) in [7, 11) is 0. The van der Waals surface area contributed by atoms with Gasteiger partial charge in [0.1, 0.15) is 0 Å². The molecule has 1 nitrogen and oxygen atoms in total. The van der Waals surface area contributed by atoms with Crippen molar-refractivity contribution in [3.63, 3.8) is 0 Å². The molecule has 2 rings (SSSR count). The van der Waals surface area contributed by atoms with E-state index in [0.29, 0.717) is 0 Å². The lowest BCUT2D eigenvalue weighted by molar-refractivity contribution is 0.222. The third-order valence-electron chi connectivity index (χ3n) is 4.05. The largest absolute Gasteiger partial charge is 0.304 e. The van der Waals surface area contributed by atoms with Crippen molar-refractivity contribution in [2.75, 3.05) is 19.6 Å². The molecule has 0 saturated carbocycles. The fourth-order valence-corrected chi connectivity index (χ4v) is 2.99. The van der Waals surface area contributed by atoms with E-state index in [9.17, 15) is 0 Å². The Bertz CT molecular complexity index is 337. The lowest BCUT2D eigenvalue weighted by Gasteiger charge is -2.32. The SMILES string of the molecule is CCCc1ccccc1C1CCN(CC)CC1. The van der Waals surface area contributed by atoms with Gasteiger partial charge in [-0.15, -0.1) is 0 Å². The van der Waals surface area contributed by atoms with Crippen LogP contribution in [0, 0.1) is 0 Å². The number of benzene rings is 1. The fourth-order valence-electron chi connectivity index (χ4n) is 2.99. The van der Waals surface area contributed by atoms with Gasteiger partial charge in [-0.1, -0.05) is 44.5 Å². The van der Waals surface area contributed by atoms with E-state index in [2.05, 4.69) is 43.0 Å². The predicted octanol–water partition coefficient (Wildman–Crippen LogP) is 3.84. The highest BCUT2D eigenvalue weighted by molar-refractivity contribution is 5.31. The van der Waals surface area contributed by atoms with Gasteiger partial charge in [0.05, 0.1) is 0 Å². The van der Waals surface area contributed by atoms with Gasteiger partial charge >= 0.3 is 0 Å². The average Bonchev–Trinajstić information content (AvgIpc) is 2.40. The number of likely N-dealkylation sites (tertiary alicyclic amines) is 1.